The molecule has 5 aliphatic rings. The second-order valence-electron chi connectivity index (χ2n) is 26.9. The number of thiophene rings is 1. The van der Waals surface area contributed by atoms with Crippen molar-refractivity contribution < 1.29 is 4.11 Å². The summed E-state index contributed by atoms with van der Waals surface area (Å²) in [6, 6.07) is 35.6. The number of benzene rings is 6. The van der Waals surface area contributed by atoms with Gasteiger partial charge in [0.15, 0.2) is 0 Å². The summed E-state index contributed by atoms with van der Waals surface area (Å²) in [5.74, 6) is 0. The lowest BCUT2D eigenvalue weighted by Crippen LogP contribution is -2.62. The predicted molar refractivity (Wildman–Crippen MR) is 298 cm³/mol. The quantitative estimate of drug-likeness (QED) is 0.159. The minimum Gasteiger partial charge on any atom is -0.311 e. The molecule has 4 heteroatoms. The Bertz CT molecular complexity index is 3460. The molecule has 0 saturated heterocycles. The topological polar surface area (TPSA) is 6.48 Å². The molecule has 0 fully saturated rings. The second-order valence-corrected chi connectivity index (χ2v) is 28.0. The van der Waals surface area contributed by atoms with E-state index in [-0.39, 0.29) is 44.6 Å². The highest BCUT2D eigenvalue weighted by Crippen LogP contribution is 2.55. The van der Waals surface area contributed by atoms with Crippen LogP contribution in [0.2, 0.25) is 0 Å². The van der Waals surface area contributed by atoms with Crippen molar-refractivity contribution >= 4 is 88.7 Å². The van der Waals surface area contributed by atoms with Crippen LogP contribution >= 0.6 is 11.3 Å². The highest BCUT2D eigenvalue weighted by Gasteiger charge is 2.50. The normalized spacial score (nSPS) is 21.5. The van der Waals surface area contributed by atoms with Crippen LogP contribution in [0.3, 0.4) is 0 Å². The van der Waals surface area contributed by atoms with E-state index < -0.39 is 6.85 Å². The molecule has 1 aromatic heterocycles. The van der Waals surface area contributed by atoms with Crippen molar-refractivity contribution in [1.82, 2.24) is 0 Å². The summed E-state index contributed by atoms with van der Waals surface area (Å²) in [6.07, 6.45) is 5.54. The number of nitrogens with zero attached hydrogens (tertiary/aromatic N) is 2. The zero-order valence-corrected chi connectivity index (χ0v) is 44.4. The van der Waals surface area contributed by atoms with E-state index in [0.717, 1.165) is 60.5 Å². The molecule has 0 saturated carbocycles. The van der Waals surface area contributed by atoms with E-state index in [1.54, 1.807) is 0 Å². The van der Waals surface area contributed by atoms with Gasteiger partial charge in [0.05, 0.1) is 0 Å². The van der Waals surface area contributed by atoms with Crippen LogP contribution in [0.1, 0.15) is 185 Å². The Morgan fingerprint density at radius 2 is 0.912 bits per heavy atom. The number of rotatable bonds is 2. The Morgan fingerprint density at radius 1 is 0.471 bits per heavy atom. The third kappa shape index (κ3) is 6.26. The molecule has 348 valence electrons. The third-order valence-electron chi connectivity index (χ3n) is 18.2. The molecule has 3 heterocycles. The fraction of sp³-hybridized carbons (Fsp3) is 0.438. The van der Waals surface area contributed by atoms with E-state index in [2.05, 4.69) is 199 Å². The van der Waals surface area contributed by atoms with Gasteiger partial charge in [0, 0.05) is 58.4 Å². The Kier molecular flexibility index (Phi) is 8.29. The maximum atomic E-state index is 9.23. The first-order valence-corrected chi connectivity index (χ1v) is 26.5. The van der Waals surface area contributed by atoms with Gasteiger partial charge >= 0.3 is 0 Å². The Hall–Kier alpha value is -4.80. The smallest absolute Gasteiger partial charge is 0.252 e. The lowest BCUT2D eigenvalue weighted by atomic mass is 9.33. The summed E-state index contributed by atoms with van der Waals surface area (Å²) < 4.78 is 30.2. The van der Waals surface area contributed by atoms with Crippen LogP contribution in [0, 0.1) is 6.85 Å². The average Bonchev–Trinajstić information content (AvgIpc) is 3.73. The standard InChI is InChI=1S/C64H73BN2S/c1-37-27-53-57-54(28-37)67(40-18-21-42-41-20-17-38(58(2,3)4)29-55(41)68-56(42)31-40)52-35-48-46(63(13,14)36-64(48,15)16)33-50(52)65(57)49-32-45-47(62(11,12)26-25-61(45,9)10)34-51(49)66(53)39-19-22-43-44(30-39)60(7,8)24-23-59(43,5)6/h17-22,27-35H,23-26,36H2,1-16H3/i1D3. The molecule has 6 aromatic carbocycles. The minimum atomic E-state index is -2.35. The van der Waals surface area contributed by atoms with E-state index in [1.807, 2.05) is 17.4 Å². The summed E-state index contributed by atoms with van der Waals surface area (Å²) in [6.45, 7) is 33.5. The molecule has 68 heavy (non-hydrogen) atoms. The van der Waals surface area contributed by atoms with Gasteiger partial charge in [-0.25, -0.2) is 0 Å². The van der Waals surface area contributed by atoms with Crippen LogP contribution in [-0.2, 0) is 37.9 Å². The van der Waals surface area contributed by atoms with Gasteiger partial charge in [0.1, 0.15) is 0 Å². The van der Waals surface area contributed by atoms with E-state index in [9.17, 15) is 4.11 Å². The van der Waals surface area contributed by atoms with Crippen molar-refractivity contribution in [2.75, 3.05) is 9.80 Å². The fourth-order valence-electron chi connectivity index (χ4n) is 14.2. The van der Waals surface area contributed by atoms with Gasteiger partial charge in [0.2, 0.25) is 0 Å². The van der Waals surface area contributed by atoms with Crippen LogP contribution in [0.5, 0.6) is 0 Å². The molecule has 0 radical (unpaired) electrons. The zero-order valence-electron chi connectivity index (χ0n) is 46.6. The maximum absolute atomic E-state index is 9.23. The van der Waals surface area contributed by atoms with Gasteiger partial charge in [-0.05, 0) is 192 Å². The molecule has 0 atom stereocenters. The lowest BCUT2D eigenvalue weighted by Gasteiger charge is -2.48. The van der Waals surface area contributed by atoms with Gasteiger partial charge in [-0.2, -0.15) is 0 Å². The molecule has 0 bridgehead atoms. The van der Waals surface area contributed by atoms with Gasteiger partial charge < -0.3 is 9.80 Å². The summed E-state index contributed by atoms with van der Waals surface area (Å²) in [4.78, 5) is 4.97. The predicted octanol–water partition coefficient (Wildman–Crippen LogP) is 16.4. The summed E-state index contributed by atoms with van der Waals surface area (Å²) in [5, 5.41) is 2.54. The van der Waals surface area contributed by atoms with Crippen molar-refractivity contribution in [3.05, 3.63) is 136 Å². The number of fused-ring (bicyclic) bond motifs is 10. The number of aryl methyl sites for hydroxylation is 1. The lowest BCUT2D eigenvalue weighted by molar-refractivity contribution is 0.332. The molecule has 0 unspecified atom stereocenters. The van der Waals surface area contributed by atoms with E-state index in [4.69, 9.17) is 0 Å². The Balaban J connectivity index is 1.21. The average molecular weight is 916 g/mol. The van der Waals surface area contributed by atoms with Crippen molar-refractivity contribution in [1.29, 1.82) is 0 Å². The van der Waals surface area contributed by atoms with Crippen LogP contribution in [0.25, 0.3) is 20.2 Å². The van der Waals surface area contributed by atoms with Crippen LogP contribution in [0.15, 0.2) is 91.0 Å². The van der Waals surface area contributed by atoms with E-state index in [1.165, 1.54) is 81.2 Å². The highest BCUT2D eigenvalue weighted by atomic mass is 32.1. The molecule has 3 aliphatic carbocycles. The van der Waals surface area contributed by atoms with Crippen LogP contribution in [0.4, 0.5) is 34.1 Å². The maximum Gasteiger partial charge on any atom is 0.252 e. The molecule has 2 nitrogen and oxygen atoms in total. The number of hydrogen-bond donors (Lipinski definition) is 0. The first-order chi connectivity index (χ1) is 32.9. The SMILES string of the molecule is [2H]C([2H])([2H])c1cc2c3c(c1)N(c1ccc4c(c1)sc1cc(C(C)(C)C)ccc14)c1cc4c(cc1B3c1cc3c(cc1N2c1ccc2c(c1)C(C)(C)CCC2(C)C)C(C)(C)CCC3(C)C)C(C)(C)CC4(C)C. The third-order valence-corrected chi connectivity index (χ3v) is 19.3. The molecule has 12 rings (SSSR count). The van der Waals surface area contributed by atoms with Crippen molar-refractivity contribution in [2.45, 2.75) is 181 Å². The second kappa shape index (κ2) is 13.7. The summed E-state index contributed by atoms with van der Waals surface area (Å²) >= 11 is 1.87. The molecular formula is C64H73BN2S. The summed E-state index contributed by atoms with van der Waals surface area (Å²) in [5.41, 5.74) is 20.4. The Labute approximate surface area is 416 Å². The largest absolute Gasteiger partial charge is 0.311 e. The van der Waals surface area contributed by atoms with Crippen LogP contribution < -0.4 is 26.2 Å². The minimum absolute atomic E-state index is 0.0127. The Morgan fingerprint density at radius 3 is 1.46 bits per heavy atom. The molecule has 0 amide bonds. The van der Waals surface area contributed by atoms with Crippen molar-refractivity contribution in [3.63, 3.8) is 0 Å². The number of anilines is 6. The van der Waals surface area contributed by atoms with E-state index >= 15 is 0 Å². The summed E-state index contributed by atoms with van der Waals surface area (Å²) in [7, 11) is 0. The molecule has 0 spiro atoms. The van der Waals surface area contributed by atoms with Gasteiger partial charge in [-0.1, -0.05) is 140 Å². The van der Waals surface area contributed by atoms with Gasteiger partial charge in [0.25, 0.3) is 6.71 Å². The first kappa shape index (κ1) is 41.0. The fourth-order valence-corrected chi connectivity index (χ4v) is 15.3. The van der Waals surface area contributed by atoms with Crippen molar-refractivity contribution in [3.8, 4) is 0 Å². The molecule has 0 N–H and O–H groups in total. The van der Waals surface area contributed by atoms with Gasteiger partial charge in [-0.3, -0.25) is 0 Å². The highest BCUT2D eigenvalue weighted by molar-refractivity contribution is 7.25. The monoisotopic (exact) mass is 916 g/mol. The first-order valence-electron chi connectivity index (χ1n) is 27.2. The number of hydrogen-bond acceptors (Lipinski definition) is 3. The molecule has 7 aromatic rings. The molecular weight excluding hydrogens is 840 g/mol. The van der Waals surface area contributed by atoms with Crippen LogP contribution in [-0.4, -0.2) is 6.71 Å². The zero-order chi connectivity index (χ0) is 50.7. The van der Waals surface area contributed by atoms with Crippen molar-refractivity contribution in [2.24, 2.45) is 0 Å². The molecule has 2 aliphatic heterocycles. The van der Waals surface area contributed by atoms with Gasteiger partial charge in [-0.15, -0.1) is 11.3 Å². The van der Waals surface area contributed by atoms with E-state index in [0.29, 0.717) is 5.56 Å².